The van der Waals surface area contributed by atoms with Crippen LogP contribution >= 0.6 is 0 Å². The minimum absolute atomic E-state index is 0.0787. The SMILES string of the molecule is CC1=CCCC1OC#N. The Hall–Kier alpha value is -0.970. The average Bonchev–Trinajstić information content (AvgIpc) is 2.18. The number of nitrogens with zero attached hydrogens (tertiary/aromatic N) is 1. The Labute approximate surface area is 54.7 Å². The lowest BCUT2D eigenvalue weighted by molar-refractivity contribution is 0.195. The van der Waals surface area contributed by atoms with Crippen molar-refractivity contribution < 1.29 is 4.74 Å². The first-order valence-electron chi connectivity index (χ1n) is 3.06. The Morgan fingerprint density at radius 3 is 3.11 bits per heavy atom. The zero-order chi connectivity index (χ0) is 6.69. The minimum atomic E-state index is 0.0787. The summed E-state index contributed by atoms with van der Waals surface area (Å²) in [4.78, 5) is 0. The number of rotatable bonds is 1. The van der Waals surface area contributed by atoms with Gasteiger partial charge in [-0.3, -0.25) is 0 Å². The third kappa shape index (κ3) is 1.23. The standard InChI is InChI=1S/C7H9NO/c1-6-3-2-4-7(6)9-5-8/h3,7H,2,4H2,1H3. The fourth-order valence-electron chi connectivity index (χ4n) is 1.04. The van der Waals surface area contributed by atoms with E-state index in [0.29, 0.717) is 0 Å². The summed E-state index contributed by atoms with van der Waals surface area (Å²) in [5.74, 6) is 0. The van der Waals surface area contributed by atoms with Crippen LogP contribution < -0.4 is 0 Å². The average molecular weight is 123 g/mol. The number of hydrogen-bond acceptors (Lipinski definition) is 2. The van der Waals surface area contributed by atoms with E-state index in [1.54, 1.807) is 6.26 Å². The van der Waals surface area contributed by atoms with Crippen LogP contribution in [0.15, 0.2) is 11.6 Å². The van der Waals surface area contributed by atoms with Gasteiger partial charge in [0.25, 0.3) is 6.26 Å². The van der Waals surface area contributed by atoms with Crippen LogP contribution in [0.2, 0.25) is 0 Å². The summed E-state index contributed by atoms with van der Waals surface area (Å²) in [5, 5.41) is 8.14. The molecule has 0 saturated carbocycles. The van der Waals surface area contributed by atoms with Crippen molar-refractivity contribution in [2.45, 2.75) is 25.9 Å². The molecule has 0 radical (unpaired) electrons. The van der Waals surface area contributed by atoms with E-state index in [1.807, 2.05) is 6.92 Å². The van der Waals surface area contributed by atoms with E-state index in [1.165, 1.54) is 5.57 Å². The Morgan fingerprint density at radius 2 is 2.67 bits per heavy atom. The lowest BCUT2D eigenvalue weighted by Gasteiger charge is -2.05. The highest BCUT2D eigenvalue weighted by molar-refractivity contribution is 5.11. The van der Waals surface area contributed by atoms with Crippen LogP contribution in [-0.4, -0.2) is 6.10 Å². The van der Waals surface area contributed by atoms with Crippen molar-refractivity contribution >= 4 is 0 Å². The van der Waals surface area contributed by atoms with Crippen molar-refractivity contribution in [3.05, 3.63) is 11.6 Å². The molecule has 0 amide bonds. The molecule has 2 nitrogen and oxygen atoms in total. The summed E-state index contributed by atoms with van der Waals surface area (Å²) in [6.45, 7) is 2.00. The molecule has 2 heteroatoms. The molecule has 0 bridgehead atoms. The van der Waals surface area contributed by atoms with E-state index in [4.69, 9.17) is 10.00 Å². The van der Waals surface area contributed by atoms with Gasteiger partial charge in [-0.2, -0.15) is 5.26 Å². The maximum absolute atomic E-state index is 8.14. The second-order valence-electron chi connectivity index (χ2n) is 2.22. The monoisotopic (exact) mass is 123 g/mol. The molecular weight excluding hydrogens is 114 g/mol. The summed E-state index contributed by atoms with van der Waals surface area (Å²) in [5.41, 5.74) is 1.19. The van der Waals surface area contributed by atoms with E-state index >= 15 is 0 Å². The largest absolute Gasteiger partial charge is 0.420 e. The first-order chi connectivity index (χ1) is 4.34. The Bertz CT molecular complexity index is 166. The topological polar surface area (TPSA) is 33.0 Å². The molecule has 0 heterocycles. The zero-order valence-electron chi connectivity index (χ0n) is 5.42. The number of ether oxygens (including phenoxy) is 1. The van der Waals surface area contributed by atoms with Gasteiger partial charge < -0.3 is 4.74 Å². The Balaban J connectivity index is 2.45. The molecule has 0 aliphatic heterocycles. The highest BCUT2D eigenvalue weighted by Crippen LogP contribution is 2.20. The first kappa shape index (κ1) is 6.15. The second kappa shape index (κ2) is 2.54. The van der Waals surface area contributed by atoms with Gasteiger partial charge in [-0.1, -0.05) is 6.08 Å². The molecule has 1 unspecified atom stereocenters. The normalized spacial score (nSPS) is 24.9. The molecular formula is C7H9NO. The van der Waals surface area contributed by atoms with Crippen molar-refractivity contribution in [2.75, 3.05) is 0 Å². The molecule has 0 N–H and O–H groups in total. The Kier molecular flexibility index (Phi) is 1.74. The van der Waals surface area contributed by atoms with Crippen LogP contribution in [0.1, 0.15) is 19.8 Å². The predicted octanol–water partition coefficient (Wildman–Crippen LogP) is 1.59. The number of hydrogen-bond donors (Lipinski definition) is 0. The maximum Gasteiger partial charge on any atom is 0.286 e. The molecule has 1 rings (SSSR count). The second-order valence-corrected chi connectivity index (χ2v) is 2.22. The van der Waals surface area contributed by atoms with Gasteiger partial charge in [-0.05, 0) is 25.3 Å². The predicted molar refractivity (Wildman–Crippen MR) is 33.5 cm³/mol. The fraction of sp³-hybridized carbons (Fsp3) is 0.571. The third-order valence-electron chi connectivity index (χ3n) is 1.60. The van der Waals surface area contributed by atoms with Gasteiger partial charge in [0.05, 0.1) is 0 Å². The van der Waals surface area contributed by atoms with Crippen LogP contribution in [0.3, 0.4) is 0 Å². The molecule has 0 saturated heterocycles. The summed E-state index contributed by atoms with van der Waals surface area (Å²) in [6, 6.07) is 0. The van der Waals surface area contributed by atoms with Gasteiger partial charge in [-0.25, -0.2) is 0 Å². The molecule has 48 valence electrons. The van der Waals surface area contributed by atoms with E-state index in [0.717, 1.165) is 12.8 Å². The summed E-state index contributed by atoms with van der Waals surface area (Å²) in [6.07, 6.45) is 5.92. The van der Waals surface area contributed by atoms with E-state index in [2.05, 4.69) is 6.08 Å². The van der Waals surface area contributed by atoms with Crippen molar-refractivity contribution in [2.24, 2.45) is 0 Å². The summed E-state index contributed by atoms with van der Waals surface area (Å²) < 4.78 is 4.75. The van der Waals surface area contributed by atoms with Gasteiger partial charge in [0, 0.05) is 0 Å². The third-order valence-corrected chi connectivity index (χ3v) is 1.60. The van der Waals surface area contributed by atoms with Crippen LogP contribution in [-0.2, 0) is 4.74 Å². The molecule has 0 aromatic carbocycles. The van der Waals surface area contributed by atoms with Crippen LogP contribution in [0.25, 0.3) is 0 Å². The van der Waals surface area contributed by atoms with Gasteiger partial charge in [0.2, 0.25) is 0 Å². The number of allylic oxidation sites excluding steroid dienone is 1. The molecule has 0 spiro atoms. The highest BCUT2D eigenvalue weighted by Gasteiger charge is 2.15. The zero-order valence-corrected chi connectivity index (χ0v) is 5.42. The van der Waals surface area contributed by atoms with Crippen molar-refractivity contribution in [3.8, 4) is 6.26 Å². The molecule has 1 aliphatic rings. The van der Waals surface area contributed by atoms with Gasteiger partial charge in [0.15, 0.2) is 0 Å². The molecule has 0 aromatic rings. The highest BCUT2D eigenvalue weighted by atomic mass is 16.5. The molecule has 1 atom stereocenters. The van der Waals surface area contributed by atoms with Crippen LogP contribution in [0.4, 0.5) is 0 Å². The lowest BCUT2D eigenvalue weighted by atomic mass is 10.2. The van der Waals surface area contributed by atoms with Crippen molar-refractivity contribution in [1.82, 2.24) is 0 Å². The molecule has 1 aliphatic carbocycles. The van der Waals surface area contributed by atoms with Crippen LogP contribution in [0.5, 0.6) is 0 Å². The molecule has 0 fully saturated rings. The fourth-order valence-corrected chi connectivity index (χ4v) is 1.04. The first-order valence-corrected chi connectivity index (χ1v) is 3.06. The van der Waals surface area contributed by atoms with Gasteiger partial charge in [-0.15, -0.1) is 0 Å². The minimum Gasteiger partial charge on any atom is -0.420 e. The molecule has 0 aromatic heterocycles. The lowest BCUT2D eigenvalue weighted by Crippen LogP contribution is -2.05. The van der Waals surface area contributed by atoms with Crippen molar-refractivity contribution in [1.29, 1.82) is 5.26 Å². The smallest absolute Gasteiger partial charge is 0.286 e. The number of nitriles is 1. The van der Waals surface area contributed by atoms with E-state index in [9.17, 15) is 0 Å². The quantitative estimate of drug-likeness (QED) is 0.392. The van der Waals surface area contributed by atoms with Crippen molar-refractivity contribution in [3.63, 3.8) is 0 Å². The van der Waals surface area contributed by atoms with Crippen LogP contribution in [0, 0.1) is 11.5 Å². The summed E-state index contributed by atoms with van der Waals surface area (Å²) in [7, 11) is 0. The Morgan fingerprint density at radius 1 is 1.89 bits per heavy atom. The van der Waals surface area contributed by atoms with E-state index in [-0.39, 0.29) is 6.10 Å². The van der Waals surface area contributed by atoms with Gasteiger partial charge in [0.1, 0.15) is 6.10 Å². The molecule has 9 heavy (non-hydrogen) atoms. The summed E-state index contributed by atoms with van der Waals surface area (Å²) >= 11 is 0. The van der Waals surface area contributed by atoms with Gasteiger partial charge >= 0.3 is 0 Å². The maximum atomic E-state index is 8.14. The van der Waals surface area contributed by atoms with E-state index < -0.39 is 0 Å².